The van der Waals surface area contributed by atoms with Gasteiger partial charge in [-0.15, -0.1) is 0 Å². The first-order chi connectivity index (χ1) is 15.4. The molecule has 1 saturated carbocycles. The van der Waals surface area contributed by atoms with E-state index < -0.39 is 15.4 Å². The third kappa shape index (κ3) is 3.31. The van der Waals surface area contributed by atoms with Crippen LogP contribution in [0.4, 0.5) is 5.69 Å². The standard InChI is InChI=1S/C24H22N2O5S/c1-30-19-7-2-3-8-21(19)32(28,29)26-16-13-18-17(15-22(27)24(18)10-6-11-24)20(14-16)31-23-9-4-5-12-25-23/h2-5,7-9,12-14,26H,6,10-11,15H2,1H3. The van der Waals surface area contributed by atoms with E-state index in [2.05, 4.69) is 9.71 Å². The van der Waals surface area contributed by atoms with Crippen molar-refractivity contribution >= 4 is 21.5 Å². The second-order valence-electron chi connectivity index (χ2n) is 8.06. The van der Waals surface area contributed by atoms with Gasteiger partial charge < -0.3 is 9.47 Å². The molecule has 1 spiro atoms. The minimum atomic E-state index is -3.93. The highest BCUT2D eigenvalue weighted by molar-refractivity contribution is 7.92. The van der Waals surface area contributed by atoms with Gasteiger partial charge in [-0.25, -0.2) is 13.4 Å². The smallest absolute Gasteiger partial charge is 0.265 e. The lowest BCUT2D eigenvalue weighted by Crippen LogP contribution is -2.39. The maximum absolute atomic E-state index is 13.1. The van der Waals surface area contributed by atoms with Crippen LogP contribution in [0.1, 0.15) is 30.4 Å². The number of hydrogen-bond acceptors (Lipinski definition) is 6. The lowest BCUT2D eigenvalue weighted by atomic mass is 9.64. The van der Waals surface area contributed by atoms with Crippen molar-refractivity contribution in [2.75, 3.05) is 11.8 Å². The van der Waals surface area contributed by atoms with Crippen LogP contribution in [0.3, 0.4) is 0 Å². The first-order valence-corrected chi connectivity index (χ1v) is 11.9. The summed E-state index contributed by atoms with van der Waals surface area (Å²) < 4.78 is 40.2. The number of aromatic nitrogens is 1. The molecule has 2 aromatic carbocycles. The number of Topliss-reactive ketones (excluding diaryl/α,β-unsaturated/α-hetero) is 1. The number of hydrogen-bond donors (Lipinski definition) is 1. The molecule has 1 heterocycles. The summed E-state index contributed by atoms with van der Waals surface area (Å²) in [5.74, 6) is 1.23. The quantitative estimate of drug-likeness (QED) is 0.604. The molecule has 3 aromatic rings. The largest absolute Gasteiger partial charge is 0.495 e. The second-order valence-corrected chi connectivity index (χ2v) is 9.71. The van der Waals surface area contributed by atoms with Gasteiger partial charge >= 0.3 is 0 Å². The fourth-order valence-corrected chi connectivity index (χ4v) is 5.75. The Hall–Kier alpha value is -3.39. The summed E-state index contributed by atoms with van der Waals surface area (Å²) in [6.45, 7) is 0. The molecule has 7 nitrogen and oxygen atoms in total. The molecule has 164 valence electrons. The van der Waals surface area contributed by atoms with Crippen LogP contribution in [0.25, 0.3) is 0 Å². The molecule has 2 aliphatic carbocycles. The number of carbonyl (C=O) groups is 1. The maximum atomic E-state index is 13.1. The van der Waals surface area contributed by atoms with Crippen molar-refractivity contribution in [1.29, 1.82) is 0 Å². The molecule has 0 bridgehead atoms. The van der Waals surface area contributed by atoms with Crippen molar-refractivity contribution in [2.24, 2.45) is 0 Å². The molecule has 5 rings (SSSR count). The molecule has 32 heavy (non-hydrogen) atoms. The summed E-state index contributed by atoms with van der Waals surface area (Å²) in [5, 5.41) is 0. The Morgan fingerprint density at radius 2 is 1.81 bits per heavy atom. The van der Waals surface area contributed by atoms with Crippen LogP contribution >= 0.6 is 0 Å². The van der Waals surface area contributed by atoms with Crippen LogP contribution in [-0.4, -0.2) is 26.3 Å². The van der Waals surface area contributed by atoms with E-state index in [1.807, 2.05) is 0 Å². The Balaban J connectivity index is 1.59. The Kier molecular flexibility index (Phi) is 4.89. The molecule has 0 saturated heterocycles. The first-order valence-electron chi connectivity index (χ1n) is 10.4. The van der Waals surface area contributed by atoms with Crippen molar-refractivity contribution in [3.8, 4) is 17.4 Å². The number of nitrogens with one attached hydrogen (secondary N) is 1. The summed E-state index contributed by atoms with van der Waals surface area (Å²) in [7, 11) is -2.51. The number of carbonyl (C=O) groups excluding carboxylic acids is 1. The molecule has 0 atom stereocenters. The van der Waals surface area contributed by atoms with Gasteiger partial charge in [0, 0.05) is 30.3 Å². The van der Waals surface area contributed by atoms with E-state index in [1.165, 1.54) is 13.2 Å². The molecule has 0 amide bonds. The predicted molar refractivity (Wildman–Crippen MR) is 119 cm³/mol. The number of nitrogens with zero attached hydrogens (tertiary/aromatic N) is 1. The average Bonchev–Trinajstić information content (AvgIpc) is 3.06. The number of benzene rings is 2. The zero-order chi connectivity index (χ0) is 22.3. The summed E-state index contributed by atoms with van der Waals surface area (Å²) >= 11 is 0. The van der Waals surface area contributed by atoms with E-state index in [0.29, 0.717) is 17.3 Å². The van der Waals surface area contributed by atoms with Crippen LogP contribution in [0.15, 0.2) is 65.7 Å². The summed E-state index contributed by atoms with van der Waals surface area (Å²) in [6.07, 6.45) is 4.40. The number of sulfonamides is 1. The van der Waals surface area contributed by atoms with Crippen molar-refractivity contribution in [3.63, 3.8) is 0 Å². The Morgan fingerprint density at radius 1 is 1.03 bits per heavy atom. The number of ether oxygens (including phenoxy) is 2. The molecule has 1 aromatic heterocycles. The summed E-state index contributed by atoms with van der Waals surface area (Å²) in [5.41, 5.74) is 1.45. The van der Waals surface area contributed by atoms with Crippen molar-refractivity contribution in [2.45, 2.75) is 36.0 Å². The van der Waals surface area contributed by atoms with E-state index in [4.69, 9.17) is 9.47 Å². The molecule has 8 heteroatoms. The highest BCUT2D eigenvalue weighted by Gasteiger charge is 2.51. The minimum absolute atomic E-state index is 0.0321. The van der Waals surface area contributed by atoms with E-state index in [1.54, 1.807) is 54.7 Å². The second kappa shape index (κ2) is 7.63. The third-order valence-corrected chi connectivity index (χ3v) is 7.69. The first kappa shape index (κ1) is 20.5. The highest BCUT2D eigenvalue weighted by Crippen LogP contribution is 2.53. The van der Waals surface area contributed by atoms with Gasteiger partial charge in [0.05, 0.1) is 18.2 Å². The third-order valence-electron chi connectivity index (χ3n) is 6.27. The number of ketones is 1. The van der Waals surface area contributed by atoms with Gasteiger partial charge in [-0.1, -0.05) is 24.6 Å². The van der Waals surface area contributed by atoms with E-state index in [-0.39, 0.29) is 22.8 Å². The van der Waals surface area contributed by atoms with Crippen LogP contribution < -0.4 is 14.2 Å². The Labute approximate surface area is 186 Å². The molecule has 1 fully saturated rings. The van der Waals surface area contributed by atoms with E-state index in [0.717, 1.165) is 30.4 Å². The van der Waals surface area contributed by atoms with Gasteiger partial charge in [-0.2, -0.15) is 0 Å². The van der Waals surface area contributed by atoms with E-state index >= 15 is 0 Å². The van der Waals surface area contributed by atoms with Gasteiger partial charge in [0.1, 0.15) is 22.2 Å². The van der Waals surface area contributed by atoms with Crippen molar-refractivity contribution in [3.05, 3.63) is 71.9 Å². The molecule has 2 aliphatic rings. The maximum Gasteiger partial charge on any atom is 0.265 e. The number of rotatable bonds is 6. The molecular formula is C24H22N2O5S. The van der Waals surface area contributed by atoms with Crippen LogP contribution in [0.2, 0.25) is 0 Å². The number of anilines is 1. The summed E-state index contributed by atoms with van der Waals surface area (Å²) in [4.78, 5) is 17.1. The van der Waals surface area contributed by atoms with Crippen molar-refractivity contribution in [1.82, 2.24) is 4.98 Å². The molecule has 1 N–H and O–H groups in total. The number of methoxy groups -OCH3 is 1. The van der Waals surface area contributed by atoms with Gasteiger partial charge in [0.15, 0.2) is 0 Å². The summed E-state index contributed by atoms with van der Waals surface area (Å²) in [6, 6.07) is 15.1. The number of para-hydroxylation sites is 1. The fraction of sp³-hybridized carbons (Fsp3) is 0.250. The lowest BCUT2D eigenvalue weighted by Gasteiger charge is -2.37. The van der Waals surface area contributed by atoms with Gasteiger partial charge in [-0.05, 0) is 42.7 Å². The molecular weight excluding hydrogens is 428 g/mol. The highest BCUT2D eigenvalue weighted by atomic mass is 32.2. The van der Waals surface area contributed by atoms with Crippen LogP contribution in [-0.2, 0) is 26.7 Å². The predicted octanol–water partition coefficient (Wildman–Crippen LogP) is 4.23. The zero-order valence-corrected chi connectivity index (χ0v) is 18.3. The number of pyridine rings is 1. The monoisotopic (exact) mass is 450 g/mol. The fourth-order valence-electron chi connectivity index (χ4n) is 4.53. The Morgan fingerprint density at radius 3 is 2.50 bits per heavy atom. The topological polar surface area (TPSA) is 94.6 Å². The van der Waals surface area contributed by atoms with Gasteiger partial charge in [0.25, 0.3) is 10.0 Å². The average molecular weight is 451 g/mol. The molecule has 0 radical (unpaired) electrons. The van der Waals surface area contributed by atoms with Crippen LogP contribution in [0.5, 0.6) is 17.4 Å². The molecule has 0 aliphatic heterocycles. The zero-order valence-electron chi connectivity index (χ0n) is 17.5. The van der Waals surface area contributed by atoms with Crippen molar-refractivity contribution < 1.29 is 22.7 Å². The Bertz CT molecular complexity index is 1300. The lowest BCUT2D eigenvalue weighted by molar-refractivity contribution is -0.125. The van der Waals surface area contributed by atoms with Crippen LogP contribution in [0, 0.1) is 0 Å². The van der Waals surface area contributed by atoms with E-state index in [9.17, 15) is 13.2 Å². The minimum Gasteiger partial charge on any atom is -0.495 e. The van der Waals surface area contributed by atoms with Gasteiger partial charge in [-0.3, -0.25) is 9.52 Å². The normalized spacial score (nSPS) is 16.3. The van der Waals surface area contributed by atoms with Gasteiger partial charge in [0.2, 0.25) is 5.88 Å². The number of fused-ring (bicyclic) bond motifs is 2. The molecule has 0 unspecified atom stereocenters. The SMILES string of the molecule is COc1ccccc1S(=O)(=O)Nc1cc(Oc2ccccn2)c2c(c1)C1(CCC1)C(=O)C2.